The van der Waals surface area contributed by atoms with Crippen molar-refractivity contribution in [2.24, 2.45) is 0 Å². The lowest BCUT2D eigenvalue weighted by Gasteiger charge is -2.44. The first-order chi connectivity index (χ1) is 12.4. The highest BCUT2D eigenvalue weighted by molar-refractivity contribution is 6.99. The van der Waals surface area contributed by atoms with Crippen LogP contribution >= 0.6 is 0 Å². The third-order valence-corrected chi connectivity index (χ3v) is 10.3. The molecule has 4 heteroatoms. The molecule has 1 fully saturated rings. The number of hydrogen-bond acceptors (Lipinski definition) is 3. The van der Waals surface area contributed by atoms with Gasteiger partial charge in [-0.05, 0) is 22.3 Å². The predicted octanol–water partition coefficient (Wildman–Crippen LogP) is 3.31. The second kappa shape index (κ2) is 7.47. The van der Waals surface area contributed by atoms with Crippen LogP contribution in [-0.2, 0) is 14.0 Å². The summed E-state index contributed by atoms with van der Waals surface area (Å²) in [5.41, 5.74) is 0. The minimum atomic E-state index is -2.53. The van der Waals surface area contributed by atoms with Gasteiger partial charge in [-0.15, -0.1) is 0 Å². The molecule has 2 aromatic rings. The molecule has 1 aliphatic heterocycles. The van der Waals surface area contributed by atoms with Crippen LogP contribution in [0.15, 0.2) is 60.7 Å². The van der Waals surface area contributed by atoms with Crippen LogP contribution in [0.3, 0.4) is 0 Å². The summed E-state index contributed by atoms with van der Waals surface area (Å²) >= 11 is 0. The average molecular weight is 369 g/mol. The van der Waals surface area contributed by atoms with Crippen LogP contribution in [0, 0.1) is 0 Å². The SMILES string of the molecule is C[C@H](C[C@@H]1O[C@@H]1C=O)O[Si](c1ccccc1)(c1ccccc1)C(C)(C)C. The molecule has 3 atom stereocenters. The monoisotopic (exact) mass is 368 g/mol. The molecule has 1 aliphatic rings. The molecular formula is C22H28O3Si. The Morgan fingerprint density at radius 2 is 1.54 bits per heavy atom. The Hall–Kier alpha value is -1.75. The average Bonchev–Trinajstić information content (AvgIpc) is 3.38. The lowest BCUT2D eigenvalue weighted by Crippen LogP contribution is -2.67. The molecule has 1 saturated heterocycles. The summed E-state index contributed by atoms with van der Waals surface area (Å²) in [6, 6.07) is 21.2. The molecule has 0 bridgehead atoms. The first kappa shape index (κ1) is 19.0. The largest absolute Gasteiger partial charge is 0.405 e. The van der Waals surface area contributed by atoms with Crippen LogP contribution in [-0.4, -0.2) is 32.9 Å². The number of hydrogen-bond donors (Lipinski definition) is 0. The van der Waals surface area contributed by atoms with E-state index in [4.69, 9.17) is 9.16 Å². The van der Waals surface area contributed by atoms with Gasteiger partial charge in [0.15, 0.2) is 6.29 Å². The summed E-state index contributed by atoms with van der Waals surface area (Å²) in [6.45, 7) is 8.91. The van der Waals surface area contributed by atoms with Crippen molar-refractivity contribution >= 4 is 25.0 Å². The summed E-state index contributed by atoms with van der Waals surface area (Å²) in [5, 5.41) is 2.50. The van der Waals surface area contributed by atoms with Crippen molar-refractivity contribution < 1.29 is 14.0 Å². The summed E-state index contributed by atoms with van der Waals surface area (Å²) in [6.07, 6.45) is 1.39. The molecule has 3 nitrogen and oxygen atoms in total. The molecule has 0 unspecified atom stereocenters. The van der Waals surface area contributed by atoms with E-state index in [9.17, 15) is 4.79 Å². The van der Waals surface area contributed by atoms with E-state index in [-0.39, 0.29) is 23.4 Å². The standard InChI is InChI=1S/C22H28O3Si/c1-17(15-20-21(16-23)24-20)25-26(22(2,3)4,18-11-7-5-8-12-18)19-13-9-6-10-14-19/h5-14,16-17,20-21H,15H2,1-4H3/t17-,20+,21-/m1/s1. The van der Waals surface area contributed by atoms with E-state index in [0.717, 1.165) is 12.7 Å². The fraction of sp³-hybridized carbons (Fsp3) is 0.409. The van der Waals surface area contributed by atoms with Gasteiger partial charge in [-0.25, -0.2) is 0 Å². The second-order valence-electron chi connectivity index (χ2n) is 8.10. The first-order valence-electron chi connectivity index (χ1n) is 9.28. The van der Waals surface area contributed by atoms with Crippen LogP contribution in [0.1, 0.15) is 34.1 Å². The van der Waals surface area contributed by atoms with Crippen molar-refractivity contribution in [3.63, 3.8) is 0 Å². The lowest BCUT2D eigenvalue weighted by molar-refractivity contribution is -0.108. The Balaban J connectivity index is 2.01. The van der Waals surface area contributed by atoms with E-state index in [1.54, 1.807) is 0 Å². The molecule has 0 spiro atoms. The molecule has 0 aliphatic carbocycles. The Bertz CT molecular complexity index is 685. The van der Waals surface area contributed by atoms with Crippen molar-refractivity contribution in [2.45, 2.75) is 57.5 Å². The molecule has 2 aromatic carbocycles. The maximum absolute atomic E-state index is 10.9. The maximum atomic E-state index is 10.9. The first-order valence-corrected chi connectivity index (χ1v) is 11.2. The fourth-order valence-corrected chi connectivity index (χ4v) is 8.55. The van der Waals surface area contributed by atoms with Crippen molar-refractivity contribution in [2.75, 3.05) is 0 Å². The number of carbonyl (C=O) groups is 1. The molecule has 0 radical (unpaired) electrons. The molecule has 138 valence electrons. The van der Waals surface area contributed by atoms with Crippen LogP contribution in [0.25, 0.3) is 0 Å². The zero-order valence-corrected chi connectivity index (χ0v) is 17.0. The maximum Gasteiger partial charge on any atom is 0.261 e. The Morgan fingerprint density at radius 3 is 1.92 bits per heavy atom. The Labute approximate surface area is 157 Å². The van der Waals surface area contributed by atoms with Crippen molar-refractivity contribution in [3.8, 4) is 0 Å². The highest BCUT2D eigenvalue weighted by Gasteiger charge is 2.51. The van der Waals surface area contributed by atoms with Gasteiger partial charge in [0, 0.05) is 12.5 Å². The molecule has 0 saturated carbocycles. The zero-order valence-electron chi connectivity index (χ0n) is 16.0. The van der Waals surface area contributed by atoms with Gasteiger partial charge in [0.1, 0.15) is 6.10 Å². The minimum absolute atomic E-state index is 0.000662. The van der Waals surface area contributed by atoms with Gasteiger partial charge in [0.05, 0.1) is 6.10 Å². The highest BCUT2D eigenvalue weighted by atomic mass is 28.4. The van der Waals surface area contributed by atoms with Crippen LogP contribution in [0.5, 0.6) is 0 Å². The van der Waals surface area contributed by atoms with Gasteiger partial charge in [0.2, 0.25) is 0 Å². The van der Waals surface area contributed by atoms with Crippen LogP contribution in [0.4, 0.5) is 0 Å². The van der Waals surface area contributed by atoms with Gasteiger partial charge in [-0.1, -0.05) is 81.4 Å². The Kier molecular flexibility index (Phi) is 5.46. The zero-order chi connectivity index (χ0) is 18.8. The smallest absolute Gasteiger partial charge is 0.261 e. The van der Waals surface area contributed by atoms with E-state index >= 15 is 0 Å². The molecule has 0 N–H and O–H groups in total. The third kappa shape index (κ3) is 3.68. The normalized spacial score (nSPS) is 21.2. The van der Waals surface area contributed by atoms with E-state index in [1.165, 1.54) is 10.4 Å². The predicted molar refractivity (Wildman–Crippen MR) is 108 cm³/mol. The van der Waals surface area contributed by atoms with Crippen molar-refractivity contribution in [3.05, 3.63) is 60.7 Å². The van der Waals surface area contributed by atoms with Gasteiger partial charge >= 0.3 is 0 Å². The van der Waals surface area contributed by atoms with Gasteiger partial charge < -0.3 is 14.0 Å². The number of benzene rings is 2. The van der Waals surface area contributed by atoms with Crippen LogP contribution in [0.2, 0.25) is 5.04 Å². The molecular weight excluding hydrogens is 340 g/mol. The summed E-state index contributed by atoms with van der Waals surface area (Å²) < 4.78 is 12.4. The number of carbonyl (C=O) groups excluding carboxylic acids is 1. The molecule has 0 aromatic heterocycles. The number of ether oxygens (including phenoxy) is 1. The van der Waals surface area contributed by atoms with Gasteiger partial charge in [-0.3, -0.25) is 0 Å². The second-order valence-corrected chi connectivity index (χ2v) is 12.4. The number of epoxide rings is 1. The third-order valence-electron chi connectivity index (χ3n) is 5.11. The van der Waals surface area contributed by atoms with Crippen molar-refractivity contribution in [1.29, 1.82) is 0 Å². The van der Waals surface area contributed by atoms with Gasteiger partial charge in [-0.2, -0.15) is 0 Å². The van der Waals surface area contributed by atoms with E-state index < -0.39 is 8.32 Å². The summed E-state index contributed by atoms with van der Waals surface area (Å²) in [4.78, 5) is 10.9. The van der Waals surface area contributed by atoms with E-state index in [2.05, 4.69) is 76.2 Å². The van der Waals surface area contributed by atoms with Crippen LogP contribution < -0.4 is 10.4 Å². The summed E-state index contributed by atoms with van der Waals surface area (Å²) in [7, 11) is -2.53. The van der Waals surface area contributed by atoms with E-state index in [0.29, 0.717) is 0 Å². The summed E-state index contributed by atoms with van der Waals surface area (Å²) in [5.74, 6) is 0. The van der Waals surface area contributed by atoms with Gasteiger partial charge in [0.25, 0.3) is 8.32 Å². The topological polar surface area (TPSA) is 38.8 Å². The Morgan fingerprint density at radius 1 is 1.04 bits per heavy atom. The molecule has 3 rings (SSSR count). The van der Waals surface area contributed by atoms with E-state index in [1.807, 2.05) is 12.1 Å². The highest BCUT2D eigenvalue weighted by Crippen LogP contribution is 2.38. The number of aldehydes is 1. The number of rotatable bonds is 7. The lowest BCUT2D eigenvalue weighted by atomic mass is 10.2. The fourth-order valence-electron chi connectivity index (χ4n) is 3.83. The molecule has 0 amide bonds. The quantitative estimate of drug-likeness (QED) is 0.428. The minimum Gasteiger partial charge on any atom is -0.405 e. The van der Waals surface area contributed by atoms with Crippen molar-refractivity contribution in [1.82, 2.24) is 0 Å². The molecule has 1 heterocycles. The molecule has 26 heavy (non-hydrogen) atoms.